The van der Waals surface area contributed by atoms with E-state index in [2.05, 4.69) is 40.6 Å². The Bertz CT molecular complexity index is 568. The minimum absolute atomic E-state index is 0.423. The lowest BCUT2D eigenvalue weighted by Crippen LogP contribution is -2.46. The van der Waals surface area contributed by atoms with Crippen molar-refractivity contribution >= 4 is 11.5 Å². The lowest BCUT2D eigenvalue weighted by molar-refractivity contribution is 0.325. The highest BCUT2D eigenvalue weighted by atomic mass is 15.3. The smallest absolute Gasteiger partial charge is 0.157 e. The zero-order valence-electron chi connectivity index (χ0n) is 11.7. The van der Waals surface area contributed by atoms with E-state index >= 15 is 0 Å². The van der Waals surface area contributed by atoms with Crippen molar-refractivity contribution in [3.8, 4) is 0 Å². The maximum atomic E-state index is 4.63. The Labute approximate surface area is 113 Å². The van der Waals surface area contributed by atoms with Crippen LogP contribution in [0.25, 0.3) is 5.65 Å². The molecule has 5 nitrogen and oxygen atoms in total. The van der Waals surface area contributed by atoms with Crippen molar-refractivity contribution in [1.29, 1.82) is 0 Å². The number of aromatic nitrogens is 3. The van der Waals surface area contributed by atoms with E-state index in [-0.39, 0.29) is 0 Å². The summed E-state index contributed by atoms with van der Waals surface area (Å²) in [7, 11) is 2.02. The van der Waals surface area contributed by atoms with Gasteiger partial charge in [-0.2, -0.15) is 9.61 Å². The van der Waals surface area contributed by atoms with Crippen LogP contribution in [0.1, 0.15) is 38.3 Å². The molecule has 0 radical (unpaired) electrons. The Morgan fingerprint density at radius 1 is 1.32 bits per heavy atom. The maximum absolute atomic E-state index is 4.63. The second kappa shape index (κ2) is 4.81. The van der Waals surface area contributed by atoms with E-state index in [0.29, 0.717) is 18.0 Å². The Morgan fingerprint density at radius 3 is 2.79 bits per heavy atom. The van der Waals surface area contributed by atoms with E-state index in [1.165, 1.54) is 12.8 Å². The molecule has 0 saturated heterocycles. The molecule has 1 fully saturated rings. The van der Waals surface area contributed by atoms with Gasteiger partial charge in [0.05, 0.1) is 6.20 Å². The summed E-state index contributed by atoms with van der Waals surface area (Å²) in [4.78, 5) is 4.63. The number of fused-ring (bicyclic) bond motifs is 1. The Hall–Kier alpha value is -1.62. The molecule has 0 unspecified atom stereocenters. The van der Waals surface area contributed by atoms with Crippen molar-refractivity contribution in [3.63, 3.8) is 0 Å². The van der Waals surface area contributed by atoms with Gasteiger partial charge in [-0.25, -0.2) is 4.98 Å². The summed E-state index contributed by atoms with van der Waals surface area (Å²) in [5, 5.41) is 11.2. The van der Waals surface area contributed by atoms with Crippen LogP contribution in [0.5, 0.6) is 0 Å². The first-order valence-corrected chi connectivity index (χ1v) is 6.96. The molecule has 0 amide bonds. The Morgan fingerprint density at radius 2 is 2.11 bits per heavy atom. The minimum atomic E-state index is 0.423. The number of hydrogen-bond donors (Lipinski definition) is 2. The minimum Gasteiger partial charge on any atom is -0.367 e. The van der Waals surface area contributed by atoms with E-state index in [1.54, 1.807) is 6.20 Å². The number of rotatable bonds is 4. The summed E-state index contributed by atoms with van der Waals surface area (Å²) in [5.74, 6) is 1.48. The molecule has 0 aromatic carbocycles. The van der Waals surface area contributed by atoms with Crippen LogP contribution in [0, 0.1) is 0 Å². The number of nitrogens with zero attached hydrogens (tertiary/aromatic N) is 3. The first kappa shape index (κ1) is 12.4. The van der Waals surface area contributed by atoms with Crippen molar-refractivity contribution in [1.82, 2.24) is 19.9 Å². The molecule has 102 valence electrons. The first-order valence-electron chi connectivity index (χ1n) is 6.96. The quantitative estimate of drug-likeness (QED) is 0.882. The van der Waals surface area contributed by atoms with Gasteiger partial charge in [0.1, 0.15) is 5.82 Å². The van der Waals surface area contributed by atoms with Gasteiger partial charge in [0, 0.05) is 29.9 Å². The third-order valence-corrected chi connectivity index (χ3v) is 3.87. The molecule has 0 aliphatic heterocycles. The largest absolute Gasteiger partial charge is 0.367 e. The molecule has 3 rings (SSSR count). The molecule has 2 aromatic heterocycles. The number of hydrogen-bond acceptors (Lipinski definition) is 4. The van der Waals surface area contributed by atoms with Gasteiger partial charge in [0.15, 0.2) is 5.65 Å². The SMILES string of the molecule is CNC1CC(Nc2cc(C(C)C)nc3ccnn23)C1. The molecule has 0 atom stereocenters. The predicted octanol–water partition coefficient (Wildman–Crippen LogP) is 2.01. The molecule has 2 aromatic rings. The summed E-state index contributed by atoms with van der Waals surface area (Å²) in [6, 6.07) is 5.26. The molecule has 1 saturated carbocycles. The lowest BCUT2D eigenvalue weighted by Gasteiger charge is -2.36. The lowest BCUT2D eigenvalue weighted by atomic mass is 9.87. The van der Waals surface area contributed by atoms with Crippen LogP contribution in [-0.4, -0.2) is 33.7 Å². The second-order valence-electron chi connectivity index (χ2n) is 5.62. The Balaban J connectivity index is 1.87. The number of nitrogens with one attached hydrogen (secondary N) is 2. The van der Waals surface area contributed by atoms with Gasteiger partial charge < -0.3 is 10.6 Å². The second-order valence-corrected chi connectivity index (χ2v) is 5.62. The van der Waals surface area contributed by atoms with Crippen LogP contribution in [-0.2, 0) is 0 Å². The van der Waals surface area contributed by atoms with Gasteiger partial charge in [-0.3, -0.25) is 0 Å². The van der Waals surface area contributed by atoms with Crippen molar-refractivity contribution in [3.05, 3.63) is 24.0 Å². The summed E-state index contributed by atoms with van der Waals surface area (Å²) in [5.41, 5.74) is 2.03. The summed E-state index contributed by atoms with van der Waals surface area (Å²) in [6.45, 7) is 4.33. The molecule has 2 N–H and O–H groups in total. The van der Waals surface area contributed by atoms with E-state index in [0.717, 1.165) is 17.2 Å². The standard InChI is InChI=1S/C14H21N5/c1-9(2)12-8-14(17-11-6-10(7-11)15-3)19-13(18-12)4-5-16-19/h4-5,8-11,15,17H,6-7H2,1-3H3. The first-order chi connectivity index (χ1) is 9.17. The van der Waals surface area contributed by atoms with Crippen LogP contribution in [0.15, 0.2) is 18.3 Å². The molecular formula is C14H21N5. The topological polar surface area (TPSA) is 54.2 Å². The van der Waals surface area contributed by atoms with E-state index in [1.807, 2.05) is 17.6 Å². The molecule has 0 spiro atoms. The van der Waals surface area contributed by atoms with Crippen LogP contribution in [0.4, 0.5) is 5.82 Å². The van der Waals surface area contributed by atoms with Crippen LogP contribution in [0.3, 0.4) is 0 Å². The van der Waals surface area contributed by atoms with Crippen LogP contribution >= 0.6 is 0 Å². The molecule has 0 bridgehead atoms. The normalized spacial score (nSPS) is 22.7. The third-order valence-electron chi connectivity index (χ3n) is 3.87. The highest BCUT2D eigenvalue weighted by Crippen LogP contribution is 2.25. The summed E-state index contributed by atoms with van der Waals surface area (Å²) < 4.78 is 1.89. The van der Waals surface area contributed by atoms with E-state index < -0.39 is 0 Å². The van der Waals surface area contributed by atoms with Crippen molar-refractivity contribution in [2.24, 2.45) is 0 Å². The summed E-state index contributed by atoms with van der Waals surface area (Å²) >= 11 is 0. The fourth-order valence-corrected chi connectivity index (χ4v) is 2.51. The third kappa shape index (κ3) is 2.30. The van der Waals surface area contributed by atoms with Gasteiger partial charge in [-0.15, -0.1) is 0 Å². The maximum Gasteiger partial charge on any atom is 0.157 e. The molecule has 1 aliphatic carbocycles. The van der Waals surface area contributed by atoms with E-state index in [9.17, 15) is 0 Å². The van der Waals surface area contributed by atoms with Crippen molar-refractivity contribution in [2.45, 2.75) is 44.7 Å². The molecule has 5 heteroatoms. The molecule has 1 aliphatic rings. The Kier molecular flexibility index (Phi) is 3.14. The van der Waals surface area contributed by atoms with Gasteiger partial charge in [-0.1, -0.05) is 13.8 Å². The van der Waals surface area contributed by atoms with Gasteiger partial charge in [-0.05, 0) is 25.8 Å². The average Bonchev–Trinajstić information content (AvgIpc) is 2.80. The molecule has 19 heavy (non-hydrogen) atoms. The predicted molar refractivity (Wildman–Crippen MR) is 76.6 cm³/mol. The molecule has 2 heterocycles. The van der Waals surface area contributed by atoms with Gasteiger partial charge >= 0.3 is 0 Å². The van der Waals surface area contributed by atoms with Gasteiger partial charge in [0.2, 0.25) is 0 Å². The van der Waals surface area contributed by atoms with Crippen molar-refractivity contribution in [2.75, 3.05) is 12.4 Å². The average molecular weight is 259 g/mol. The molecular weight excluding hydrogens is 238 g/mol. The zero-order valence-corrected chi connectivity index (χ0v) is 11.7. The van der Waals surface area contributed by atoms with Crippen LogP contribution < -0.4 is 10.6 Å². The van der Waals surface area contributed by atoms with Crippen molar-refractivity contribution < 1.29 is 0 Å². The highest BCUT2D eigenvalue weighted by Gasteiger charge is 2.28. The van der Waals surface area contributed by atoms with Crippen LogP contribution in [0.2, 0.25) is 0 Å². The fraction of sp³-hybridized carbons (Fsp3) is 0.571. The monoisotopic (exact) mass is 259 g/mol. The summed E-state index contributed by atoms with van der Waals surface area (Å²) in [6.07, 6.45) is 4.13. The fourth-order valence-electron chi connectivity index (χ4n) is 2.51. The zero-order chi connectivity index (χ0) is 13.4. The number of anilines is 1. The van der Waals surface area contributed by atoms with E-state index in [4.69, 9.17) is 0 Å². The highest BCUT2D eigenvalue weighted by molar-refractivity contribution is 5.50. The van der Waals surface area contributed by atoms with Gasteiger partial charge in [0.25, 0.3) is 0 Å².